The van der Waals surface area contributed by atoms with Crippen LogP contribution in [0, 0.1) is 5.82 Å². The normalized spacial score (nSPS) is 11.3. The van der Waals surface area contributed by atoms with E-state index in [0.717, 1.165) is 12.3 Å². The highest BCUT2D eigenvalue weighted by Gasteiger charge is 2.22. The fourth-order valence-electron chi connectivity index (χ4n) is 3.08. The number of allylic oxidation sites excluding steroid dienone is 1. The molecule has 0 saturated heterocycles. The van der Waals surface area contributed by atoms with E-state index < -0.39 is 21.6 Å². The first-order valence-corrected chi connectivity index (χ1v) is 10.6. The Morgan fingerprint density at radius 2 is 1.87 bits per heavy atom. The predicted octanol–water partition coefficient (Wildman–Crippen LogP) is 2.32. The molecule has 0 bridgehead atoms. The third-order valence-corrected chi connectivity index (χ3v) is 5.57. The van der Waals surface area contributed by atoms with Crippen LogP contribution in [0.2, 0.25) is 0 Å². The second kappa shape index (κ2) is 8.11. The lowest BCUT2D eigenvalue weighted by Crippen LogP contribution is -2.26. The Kier molecular flexibility index (Phi) is 5.75. The quantitative estimate of drug-likeness (QED) is 0.534. The Balaban J connectivity index is 2.29. The van der Waals surface area contributed by atoms with Crippen molar-refractivity contribution in [3.8, 4) is 28.1 Å². The SMILES string of the molecule is C=CCn1nc(-c2ccc(S(C)(=O)=O)cc2)c(-c2ccc(OC)c(F)c2)c1C(=O)[O-]. The van der Waals surface area contributed by atoms with E-state index in [0.29, 0.717) is 5.56 Å². The van der Waals surface area contributed by atoms with Crippen molar-refractivity contribution < 1.29 is 27.4 Å². The summed E-state index contributed by atoms with van der Waals surface area (Å²) < 4.78 is 43.9. The summed E-state index contributed by atoms with van der Waals surface area (Å²) in [6, 6.07) is 9.86. The number of aromatic nitrogens is 2. The summed E-state index contributed by atoms with van der Waals surface area (Å²) in [5, 5.41) is 16.3. The molecule has 0 aliphatic carbocycles. The third kappa shape index (κ3) is 3.97. The van der Waals surface area contributed by atoms with Crippen LogP contribution in [-0.4, -0.2) is 37.5 Å². The molecular weight excluding hydrogens is 411 g/mol. The molecule has 0 unspecified atom stereocenters. The smallest absolute Gasteiger partial charge is 0.175 e. The largest absolute Gasteiger partial charge is 0.543 e. The van der Waals surface area contributed by atoms with Gasteiger partial charge in [-0.15, -0.1) is 6.58 Å². The first-order valence-electron chi connectivity index (χ1n) is 8.74. The molecule has 7 nitrogen and oxygen atoms in total. The van der Waals surface area contributed by atoms with Crippen molar-refractivity contribution in [3.05, 3.63) is 66.6 Å². The van der Waals surface area contributed by atoms with Gasteiger partial charge in [-0.2, -0.15) is 5.10 Å². The molecule has 0 amide bonds. The summed E-state index contributed by atoms with van der Waals surface area (Å²) in [5.41, 5.74) is 0.844. The lowest BCUT2D eigenvalue weighted by atomic mass is 9.98. The first-order chi connectivity index (χ1) is 14.2. The minimum atomic E-state index is -3.41. The average Bonchev–Trinajstić information content (AvgIpc) is 3.07. The van der Waals surface area contributed by atoms with E-state index in [2.05, 4.69) is 11.7 Å². The number of hydrogen-bond donors (Lipinski definition) is 0. The zero-order valence-corrected chi connectivity index (χ0v) is 17.1. The van der Waals surface area contributed by atoms with Crippen LogP contribution in [0.25, 0.3) is 22.4 Å². The number of benzene rings is 2. The molecule has 0 fully saturated rings. The Bertz CT molecular complexity index is 1230. The maximum absolute atomic E-state index is 14.3. The summed E-state index contributed by atoms with van der Waals surface area (Å²) in [4.78, 5) is 12.0. The molecule has 9 heteroatoms. The number of sulfone groups is 1. The van der Waals surface area contributed by atoms with E-state index in [4.69, 9.17) is 4.74 Å². The van der Waals surface area contributed by atoms with Crippen LogP contribution in [0.1, 0.15) is 10.5 Å². The molecule has 0 aliphatic rings. The molecule has 0 N–H and O–H groups in total. The van der Waals surface area contributed by atoms with E-state index in [-0.39, 0.29) is 39.7 Å². The maximum Gasteiger partial charge on any atom is 0.175 e. The Hall–Kier alpha value is -3.46. The van der Waals surface area contributed by atoms with Gasteiger partial charge >= 0.3 is 0 Å². The number of nitrogens with zero attached hydrogens (tertiary/aromatic N) is 2. The first kappa shape index (κ1) is 21.3. The van der Waals surface area contributed by atoms with Crippen molar-refractivity contribution in [3.63, 3.8) is 0 Å². The highest BCUT2D eigenvalue weighted by Crippen LogP contribution is 2.36. The van der Waals surface area contributed by atoms with Gasteiger partial charge in [0, 0.05) is 17.4 Å². The van der Waals surface area contributed by atoms with Crippen molar-refractivity contribution in [2.24, 2.45) is 0 Å². The van der Waals surface area contributed by atoms with Crippen LogP contribution in [0.4, 0.5) is 4.39 Å². The highest BCUT2D eigenvalue weighted by molar-refractivity contribution is 7.90. The van der Waals surface area contributed by atoms with Gasteiger partial charge < -0.3 is 14.6 Å². The van der Waals surface area contributed by atoms with Crippen LogP contribution in [0.15, 0.2) is 60.0 Å². The van der Waals surface area contributed by atoms with E-state index in [1.807, 2.05) is 0 Å². The minimum Gasteiger partial charge on any atom is -0.543 e. The maximum atomic E-state index is 14.3. The number of methoxy groups -OCH3 is 1. The molecule has 0 spiro atoms. The zero-order chi connectivity index (χ0) is 22.1. The van der Waals surface area contributed by atoms with Gasteiger partial charge in [0.1, 0.15) is 5.69 Å². The van der Waals surface area contributed by atoms with Gasteiger partial charge in [-0.3, -0.25) is 4.68 Å². The van der Waals surface area contributed by atoms with Crippen molar-refractivity contribution in [2.45, 2.75) is 11.4 Å². The van der Waals surface area contributed by atoms with E-state index in [1.54, 1.807) is 0 Å². The van der Waals surface area contributed by atoms with Gasteiger partial charge in [0.2, 0.25) is 0 Å². The summed E-state index contributed by atoms with van der Waals surface area (Å²) in [6.07, 6.45) is 2.55. The Labute approximate surface area is 173 Å². The molecule has 1 aromatic heterocycles. The number of halogens is 1. The molecule has 3 aromatic rings. The summed E-state index contributed by atoms with van der Waals surface area (Å²) in [7, 11) is -2.09. The molecule has 3 rings (SSSR count). The lowest BCUT2D eigenvalue weighted by molar-refractivity contribution is -0.255. The summed E-state index contributed by atoms with van der Waals surface area (Å²) >= 11 is 0. The van der Waals surface area contributed by atoms with Gasteiger partial charge in [-0.25, -0.2) is 12.8 Å². The highest BCUT2D eigenvalue weighted by atomic mass is 32.2. The molecule has 30 heavy (non-hydrogen) atoms. The molecular formula is C21H18FN2O5S-. The number of carboxylic acids is 1. The van der Waals surface area contributed by atoms with Crippen LogP contribution >= 0.6 is 0 Å². The van der Waals surface area contributed by atoms with Gasteiger partial charge in [0.05, 0.1) is 30.2 Å². The molecule has 0 radical (unpaired) electrons. The van der Waals surface area contributed by atoms with Crippen molar-refractivity contribution in [1.82, 2.24) is 9.78 Å². The van der Waals surface area contributed by atoms with E-state index in [1.165, 1.54) is 54.3 Å². The molecule has 0 aliphatic heterocycles. The van der Waals surface area contributed by atoms with Gasteiger partial charge in [0.15, 0.2) is 21.4 Å². The number of carbonyl (C=O) groups excluding carboxylic acids is 1. The lowest BCUT2D eigenvalue weighted by Gasteiger charge is -2.11. The second-order valence-electron chi connectivity index (χ2n) is 6.48. The Morgan fingerprint density at radius 3 is 2.37 bits per heavy atom. The minimum absolute atomic E-state index is 0.00582. The number of rotatable bonds is 7. The topological polar surface area (TPSA) is 101 Å². The Morgan fingerprint density at radius 1 is 1.23 bits per heavy atom. The molecule has 156 valence electrons. The van der Waals surface area contributed by atoms with Crippen LogP contribution in [-0.2, 0) is 16.4 Å². The number of aromatic carboxylic acids is 1. The van der Waals surface area contributed by atoms with E-state index in [9.17, 15) is 22.7 Å². The summed E-state index contributed by atoms with van der Waals surface area (Å²) in [6.45, 7) is 3.68. The van der Waals surface area contributed by atoms with Crippen molar-refractivity contribution in [2.75, 3.05) is 13.4 Å². The number of carbonyl (C=O) groups is 1. The van der Waals surface area contributed by atoms with Crippen molar-refractivity contribution in [1.29, 1.82) is 0 Å². The van der Waals surface area contributed by atoms with Crippen molar-refractivity contribution >= 4 is 15.8 Å². The molecule has 0 atom stereocenters. The third-order valence-electron chi connectivity index (χ3n) is 4.44. The predicted molar refractivity (Wildman–Crippen MR) is 107 cm³/mol. The van der Waals surface area contributed by atoms with E-state index >= 15 is 0 Å². The zero-order valence-electron chi connectivity index (χ0n) is 16.3. The summed E-state index contributed by atoms with van der Waals surface area (Å²) in [5.74, 6) is -2.16. The van der Waals surface area contributed by atoms with Crippen LogP contribution in [0.3, 0.4) is 0 Å². The van der Waals surface area contributed by atoms with Crippen LogP contribution in [0.5, 0.6) is 5.75 Å². The monoisotopic (exact) mass is 429 g/mol. The second-order valence-corrected chi connectivity index (χ2v) is 8.49. The van der Waals surface area contributed by atoms with Gasteiger partial charge in [-0.1, -0.05) is 24.3 Å². The van der Waals surface area contributed by atoms with Crippen LogP contribution < -0.4 is 9.84 Å². The molecule has 0 saturated carbocycles. The van der Waals surface area contributed by atoms with Gasteiger partial charge in [0.25, 0.3) is 0 Å². The molecule has 2 aromatic carbocycles. The number of hydrogen-bond acceptors (Lipinski definition) is 6. The number of carboxylic acid groups (broad SMARTS) is 1. The average molecular weight is 429 g/mol. The molecule has 1 heterocycles. The fourth-order valence-corrected chi connectivity index (χ4v) is 3.71. The standard InChI is InChI=1S/C21H19FN2O5S/c1-4-11-24-20(21(25)26)18(14-7-10-17(29-2)16(22)12-14)19(23-24)13-5-8-15(9-6-13)30(3,27)28/h4-10,12H,1,11H2,2-3H3,(H,25,26)/p-1. The number of ether oxygens (including phenoxy) is 1. The van der Waals surface area contributed by atoms with Gasteiger partial charge in [-0.05, 0) is 29.8 Å². The fraction of sp³-hybridized carbons (Fsp3) is 0.143.